The smallest absolute Gasteiger partial charge is 0.0394 e. The van der Waals surface area contributed by atoms with Crippen molar-refractivity contribution in [1.29, 1.82) is 0 Å². The summed E-state index contributed by atoms with van der Waals surface area (Å²) in [4.78, 5) is 6.26. The molecule has 0 bridgehead atoms. The van der Waals surface area contributed by atoms with Crippen molar-refractivity contribution in [2.24, 2.45) is 0 Å². The van der Waals surface area contributed by atoms with Crippen molar-refractivity contribution in [1.82, 2.24) is 4.98 Å². The van der Waals surface area contributed by atoms with E-state index in [0.29, 0.717) is 0 Å². The highest BCUT2D eigenvalue weighted by Gasteiger charge is 1.99. The van der Waals surface area contributed by atoms with Crippen LogP contribution in [0.15, 0.2) is 54.9 Å². The molecule has 1 aromatic carbocycles. The first-order valence-corrected chi connectivity index (χ1v) is 5.51. The Kier molecular flexibility index (Phi) is 3.54. The summed E-state index contributed by atoms with van der Waals surface area (Å²) in [5, 5.41) is 0. The highest BCUT2D eigenvalue weighted by molar-refractivity contribution is 5.43. The minimum atomic E-state index is 1.02. The maximum atomic E-state index is 4.02. The highest BCUT2D eigenvalue weighted by atomic mass is 15.1. The summed E-state index contributed by atoms with van der Waals surface area (Å²) < 4.78 is 0. The second-order valence-corrected chi connectivity index (χ2v) is 3.86. The van der Waals surface area contributed by atoms with E-state index in [2.05, 4.69) is 47.3 Å². The minimum absolute atomic E-state index is 1.02. The van der Waals surface area contributed by atoms with Crippen molar-refractivity contribution in [2.45, 2.75) is 6.42 Å². The van der Waals surface area contributed by atoms with Crippen LogP contribution in [0.3, 0.4) is 0 Å². The van der Waals surface area contributed by atoms with E-state index in [0.717, 1.165) is 13.0 Å². The van der Waals surface area contributed by atoms with Gasteiger partial charge in [0.1, 0.15) is 0 Å². The normalized spacial score (nSPS) is 10.1. The third kappa shape index (κ3) is 2.83. The maximum absolute atomic E-state index is 4.02. The number of anilines is 1. The number of pyridine rings is 1. The van der Waals surface area contributed by atoms with Gasteiger partial charge in [-0.1, -0.05) is 30.3 Å². The molecule has 0 spiro atoms. The van der Waals surface area contributed by atoms with Crippen molar-refractivity contribution < 1.29 is 0 Å². The van der Waals surface area contributed by atoms with E-state index in [-0.39, 0.29) is 0 Å². The van der Waals surface area contributed by atoms with Crippen molar-refractivity contribution in [3.8, 4) is 0 Å². The number of likely N-dealkylation sites (N-methyl/N-ethyl adjacent to an activating group) is 1. The molecule has 0 aliphatic rings. The van der Waals surface area contributed by atoms with E-state index in [4.69, 9.17) is 0 Å². The first kappa shape index (κ1) is 10.7. The lowest BCUT2D eigenvalue weighted by Crippen LogP contribution is -2.20. The van der Waals surface area contributed by atoms with Crippen LogP contribution in [-0.2, 0) is 6.42 Å². The van der Waals surface area contributed by atoms with Gasteiger partial charge in [-0.15, -0.1) is 0 Å². The lowest BCUT2D eigenvalue weighted by molar-refractivity contribution is 0.875. The van der Waals surface area contributed by atoms with E-state index in [1.807, 2.05) is 24.5 Å². The summed E-state index contributed by atoms with van der Waals surface area (Å²) in [6, 6.07) is 14.6. The second-order valence-electron chi connectivity index (χ2n) is 3.86. The molecule has 1 aromatic heterocycles. The van der Waals surface area contributed by atoms with Crippen molar-refractivity contribution in [3.05, 3.63) is 60.4 Å². The maximum Gasteiger partial charge on any atom is 0.0394 e. The standard InChI is InChI=1S/C14H16N2/c1-16(14-7-10-15-11-8-14)12-9-13-5-3-2-4-6-13/h2-8,10-11H,9,12H2,1H3. The molecule has 82 valence electrons. The Labute approximate surface area is 96.6 Å². The summed E-state index contributed by atoms with van der Waals surface area (Å²) in [6.45, 7) is 1.02. The number of benzene rings is 1. The fraction of sp³-hybridized carbons (Fsp3) is 0.214. The van der Waals surface area contributed by atoms with Gasteiger partial charge < -0.3 is 4.90 Å². The molecule has 0 unspecified atom stereocenters. The van der Waals surface area contributed by atoms with E-state index in [9.17, 15) is 0 Å². The van der Waals surface area contributed by atoms with E-state index < -0.39 is 0 Å². The average Bonchev–Trinajstić information content (AvgIpc) is 2.38. The van der Waals surface area contributed by atoms with Crippen LogP contribution in [0.5, 0.6) is 0 Å². The van der Waals surface area contributed by atoms with Crippen molar-refractivity contribution >= 4 is 5.69 Å². The van der Waals surface area contributed by atoms with Gasteiger partial charge in [-0.25, -0.2) is 0 Å². The Bertz CT molecular complexity index is 411. The zero-order valence-corrected chi connectivity index (χ0v) is 9.50. The van der Waals surface area contributed by atoms with Gasteiger partial charge in [0.2, 0.25) is 0 Å². The highest BCUT2D eigenvalue weighted by Crippen LogP contribution is 2.10. The lowest BCUT2D eigenvalue weighted by atomic mass is 10.1. The Hall–Kier alpha value is -1.83. The lowest BCUT2D eigenvalue weighted by Gasteiger charge is -2.18. The van der Waals surface area contributed by atoms with Crippen LogP contribution in [0.1, 0.15) is 5.56 Å². The molecule has 0 aliphatic carbocycles. The molecule has 0 fully saturated rings. The molecule has 0 aliphatic heterocycles. The monoisotopic (exact) mass is 212 g/mol. The van der Waals surface area contributed by atoms with E-state index in [1.165, 1.54) is 11.3 Å². The fourth-order valence-electron chi connectivity index (χ4n) is 1.67. The third-order valence-electron chi connectivity index (χ3n) is 2.68. The molecule has 2 aromatic rings. The quantitative estimate of drug-likeness (QED) is 0.774. The Morgan fingerprint density at radius 2 is 1.69 bits per heavy atom. The van der Waals surface area contributed by atoms with Crippen LogP contribution in [0.2, 0.25) is 0 Å². The summed E-state index contributed by atoms with van der Waals surface area (Å²) in [6.07, 6.45) is 4.72. The van der Waals surface area contributed by atoms with Gasteiger partial charge in [-0.3, -0.25) is 4.98 Å². The predicted molar refractivity (Wildman–Crippen MR) is 67.7 cm³/mol. The molecule has 0 amide bonds. The Balaban J connectivity index is 1.92. The van der Waals surface area contributed by atoms with Gasteiger partial charge in [0, 0.05) is 31.7 Å². The van der Waals surface area contributed by atoms with Gasteiger partial charge >= 0.3 is 0 Å². The number of hydrogen-bond donors (Lipinski definition) is 0. The zero-order chi connectivity index (χ0) is 11.2. The van der Waals surface area contributed by atoms with Crippen molar-refractivity contribution in [2.75, 3.05) is 18.5 Å². The molecule has 0 N–H and O–H groups in total. The second kappa shape index (κ2) is 5.31. The number of rotatable bonds is 4. The van der Waals surface area contributed by atoms with Crippen LogP contribution in [0.25, 0.3) is 0 Å². The molecular formula is C14H16N2. The van der Waals surface area contributed by atoms with E-state index >= 15 is 0 Å². The van der Waals surface area contributed by atoms with Gasteiger partial charge in [0.25, 0.3) is 0 Å². The molecule has 2 nitrogen and oxygen atoms in total. The summed E-state index contributed by atoms with van der Waals surface area (Å²) in [5.41, 5.74) is 2.59. The largest absolute Gasteiger partial charge is 0.374 e. The van der Waals surface area contributed by atoms with Crippen LogP contribution in [-0.4, -0.2) is 18.6 Å². The molecular weight excluding hydrogens is 196 g/mol. The van der Waals surface area contributed by atoms with Crippen LogP contribution >= 0.6 is 0 Å². The molecule has 0 saturated carbocycles. The van der Waals surface area contributed by atoms with Gasteiger partial charge in [0.05, 0.1) is 0 Å². The molecule has 1 heterocycles. The zero-order valence-electron chi connectivity index (χ0n) is 9.50. The molecule has 0 saturated heterocycles. The first-order valence-electron chi connectivity index (χ1n) is 5.51. The minimum Gasteiger partial charge on any atom is -0.374 e. The van der Waals surface area contributed by atoms with E-state index in [1.54, 1.807) is 0 Å². The predicted octanol–water partition coefficient (Wildman–Crippen LogP) is 2.76. The summed E-state index contributed by atoms with van der Waals surface area (Å²) in [5.74, 6) is 0. The Morgan fingerprint density at radius 3 is 2.38 bits per heavy atom. The summed E-state index contributed by atoms with van der Waals surface area (Å²) in [7, 11) is 2.11. The number of nitrogens with zero attached hydrogens (tertiary/aromatic N) is 2. The number of hydrogen-bond acceptors (Lipinski definition) is 2. The molecule has 2 heteroatoms. The van der Waals surface area contributed by atoms with Crippen LogP contribution in [0.4, 0.5) is 5.69 Å². The fourth-order valence-corrected chi connectivity index (χ4v) is 1.67. The molecule has 16 heavy (non-hydrogen) atoms. The molecule has 2 rings (SSSR count). The first-order chi connectivity index (χ1) is 7.86. The van der Waals surface area contributed by atoms with Crippen LogP contribution in [0, 0.1) is 0 Å². The van der Waals surface area contributed by atoms with Crippen LogP contribution < -0.4 is 4.90 Å². The SMILES string of the molecule is CN(CCc1ccccc1)c1ccncc1. The average molecular weight is 212 g/mol. The molecule has 0 radical (unpaired) electrons. The van der Waals surface area contributed by atoms with Gasteiger partial charge in [-0.2, -0.15) is 0 Å². The summed E-state index contributed by atoms with van der Waals surface area (Å²) >= 11 is 0. The van der Waals surface area contributed by atoms with Gasteiger partial charge in [-0.05, 0) is 24.1 Å². The topological polar surface area (TPSA) is 16.1 Å². The third-order valence-corrected chi connectivity index (χ3v) is 2.68. The Morgan fingerprint density at radius 1 is 1.00 bits per heavy atom. The number of aromatic nitrogens is 1. The molecule has 0 atom stereocenters. The van der Waals surface area contributed by atoms with Gasteiger partial charge in [0.15, 0.2) is 0 Å². The van der Waals surface area contributed by atoms with Crippen molar-refractivity contribution in [3.63, 3.8) is 0 Å².